The number of benzene rings is 1. The molecule has 5 atom stereocenters. The zero-order valence-corrected chi connectivity index (χ0v) is 48.6. The molecule has 2 fully saturated rings. The Morgan fingerprint density at radius 1 is 0.489 bits per heavy atom. The summed E-state index contributed by atoms with van der Waals surface area (Å²) in [6.07, 6.45) is 2.08. The maximum Gasteiger partial charge on any atom is 0.326 e. The lowest BCUT2D eigenvalue weighted by molar-refractivity contribution is -0.144. The van der Waals surface area contributed by atoms with Gasteiger partial charge in [0.15, 0.2) is 0 Å². The highest BCUT2D eigenvalue weighted by atomic mass is 19.1. The number of nitrogens with zero attached hydrogens (tertiary/aromatic N) is 7. The molecule has 13 N–H and O–H groups in total. The predicted molar refractivity (Wildman–Crippen MR) is 304 cm³/mol. The number of unbranched alkanes of at least 4 members (excludes halogenated alkanes) is 2. The summed E-state index contributed by atoms with van der Waals surface area (Å²) in [5.74, 6) is -10.2. The smallest absolute Gasteiger partial charge is 0.326 e. The molecule has 2 aliphatic rings. The van der Waals surface area contributed by atoms with Crippen molar-refractivity contribution in [3.05, 3.63) is 41.7 Å². The number of nitrogens with one attached hydrogen (secondary N) is 7. The zero-order chi connectivity index (χ0) is 64.7. The highest BCUT2D eigenvalue weighted by Crippen LogP contribution is 2.16. The second kappa shape index (κ2) is 37.2. The molecular weight excluding hydrogens is 1170 g/mol. The number of urea groups is 4. The molecule has 88 heavy (non-hydrogen) atoms. The van der Waals surface area contributed by atoms with Gasteiger partial charge >= 0.3 is 59.9 Å². The molecule has 11 amide bonds. The highest BCUT2D eigenvalue weighted by molar-refractivity contribution is 5.94. The Morgan fingerprint density at radius 3 is 1.40 bits per heavy atom. The average Bonchev–Trinajstić information content (AvgIpc) is 3.29. The van der Waals surface area contributed by atoms with E-state index in [1.807, 2.05) is 0 Å². The van der Waals surface area contributed by atoms with Crippen LogP contribution in [-0.2, 0) is 44.8 Å². The number of carbonyl (C=O) groups is 13. The Bertz CT molecular complexity index is 2720. The first kappa shape index (κ1) is 71.1. The van der Waals surface area contributed by atoms with Crippen molar-refractivity contribution in [1.29, 1.82) is 0 Å². The minimum absolute atomic E-state index is 0.0145. The fraction of sp³-hybridized carbons (Fsp3) is 0.611. The fourth-order valence-electron chi connectivity index (χ4n) is 9.33. The first-order valence-electron chi connectivity index (χ1n) is 28.9. The molecule has 0 aliphatic carbocycles. The van der Waals surface area contributed by atoms with Crippen molar-refractivity contribution in [2.24, 2.45) is 5.92 Å². The van der Waals surface area contributed by atoms with E-state index in [0.717, 1.165) is 0 Å². The minimum atomic E-state index is -1.56. The van der Waals surface area contributed by atoms with Crippen LogP contribution in [0.5, 0.6) is 0 Å². The van der Waals surface area contributed by atoms with Crippen LogP contribution in [0.4, 0.5) is 23.6 Å². The lowest BCUT2D eigenvalue weighted by atomic mass is 10.0. The van der Waals surface area contributed by atoms with E-state index in [1.54, 1.807) is 40.3 Å². The van der Waals surface area contributed by atoms with Crippen LogP contribution < -0.4 is 37.2 Å². The number of amides is 11. The van der Waals surface area contributed by atoms with Gasteiger partial charge in [-0.05, 0) is 101 Å². The van der Waals surface area contributed by atoms with E-state index >= 15 is 0 Å². The highest BCUT2D eigenvalue weighted by Gasteiger charge is 2.30. The predicted octanol–water partition coefficient (Wildman–Crippen LogP) is 0.265. The SMILES string of the molecule is O=C(O)CCC(CNC(=O)NC(CCCCNC(=O)N1CCN(C(=O)CCC(CCC(=O)N2CCN(C(=O)NCCCCC(NC(=O)NC(CCC(=O)O)C(=O)O)C(=O)O)CC2)NC(=O)c2ccc(-n3cc(CCCF)nn3)cc2)CC1)C(=O)O)C(=O)O. The normalized spacial score (nSPS) is 14.8. The third-order valence-corrected chi connectivity index (χ3v) is 14.5. The van der Waals surface area contributed by atoms with Crippen LogP contribution in [0.1, 0.15) is 112 Å². The van der Waals surface area contributed by atoms with Gasteiger partial charge in [-0.2, -0.15) is 0 Å². The Morgan fingerprint density at radius 2 is 0.943 bits per heavy atom. The number of hydrogen-bond acceptors (Lipinski definition) is 15. The molecule has 1 aromatic carbocycles. The van der Waals surface area contributed by atoms with Crippen molar-refractivity contribution in [2.45, 2.75) is 127 Å². The molecule has 3 heterocycles. The standard InChI is InChI=1S/C54H79FN14O19/c55-21-5-6-37-33-69(64-63-37)38-14-9-34(10-15-38)46(76)59-36(13-18-43(71)66-26-30-68(31-27-66)54(88)57-23-4-2-8-40(49(81)82)61-52(86)62-41(50(83)84)16-20-45(74)75)12-17-42(70)65-24-28-67(29-25-65)53(87)56-22-3-1-7-39(48(79)80)60-51(85)58-32-35(47(77)78)11-19-44(72)73/h9-10,14-15,33,35-36,39-41H,1-8,11-13,16-32H2,(H,56,87)(H,57,88)(H,59,76)(H,72,73)(H,74,75)(H,77,78)(H,79,80)(H,81,82)(H,83,84)(H2,58,60,85)(H2,61,62,86). The van der Waals surface area contributed by atoms with Gasteiger partial charge in [0.1, 0.15) is 18.1 Å². The van der Waals surface area contributed by atoms with Crippen LogP contribution in [0.3, 0.4) is 0 Å². The number of alkyl halides is 1. The summed E-state index contributed by atoms with van der Waals surface area (Å²) in [5.41, 5.74) is 1.48. The largest absolute Gasteiger partial charge is 0.481 e. The Balaban J connectivity index is 1.23. The summed E-state index contributed by atoms with van der Waals surface area (Å²) >= 11 is 0. The number of aryl methyl sites for hydroxylation is 1. The maximum atomic E-state index is 13.7. The molecule has 4 rings (SSSR count). The molecule has 34 heteroatoms. The lowest BCUT2D eigenvalue weighted by Gasteiger charge is -2.35. The fourth-order valence-corrected chi connectivity index (χ4v) is 9.33. The summed E-state index contributed by atoms with van der Waals surface area (Å²) < 4.78 is 14.2. The van der Waals surface area contributed by atoms with Crippen LogP contribution in [0, 0.1) is 5.92 Å². The number of rotatable bonds is 37. The molecule has 2 saturated heterocycles. The lowest BCUT2D eigenvalue weighted by Crippen LogP contribution is -2.53. The van der Waals surface area contributed by atoms with E-state index in [2.05, 4.69) is 47.5 Å². The van der Waals surface area contributed by atoms with E-state index < -0.39 is 128 Å². The number of carbonyl (C=O) groups excluding carboxylic acids is 7. The monoisotopic (exact) mass is 1250 g/mol. The van der Waals surface area contributed by atoms with Gasteiger partial charge in [-0.1, -0.05) is 5.21 Å². The molecule has 0 spiro atoms. The minimum Gasteiger partial charge on any atom is -0.481 e. The third kappa shape index (κ3) is 25.7. The Labute approximate surface area is 504 Å². The van der Waals surface area contributed by atoms with Gasteiger partial charge in [0.05, 0.1) is 30.2 Å². The van der Waals surface area contributed by atoms with Crippen LogP contribution in [0.25, 0.3) is 5.69 Å². The van der Waals surface area contributed by atoms with Crippen molar-refractivity contribution in [2.75, 3.05) is 78.7 Å². The number of piperazine rings is 2. The zero-order valence-electron chi connectivity index (χ0n) is 48.6. The molecule has 486 valence electrons. The molecule has 0 bridgehead atoms. The van der Waals surface area contributed by atoms with Crippen LogP contribution in [0.15, 0.2) is 30.5 Å². The summed E-state index contributed by atoms with van der Waals surface area (Å²) in [4.78, 5) is 166. The van der Waals surface area contributed by atoms with Gasteiger partial charge in [0.25, 0.3) is 5.91 Å². The molecule has 0 saturated carbocycles. The van der Waals surface area contributed by atoms with E-state index in [0.29, 0.717) is 37.1 Å². The molecule has 5 unspecified atom stereocenters. The van der Waals surface area contributed by atoms with Crippen molar-refractivity contribution >= 4 is 77.7 Å². The van der Waals surface area contributed by atoms with E-state index in [9.17, 15) is 87.1 Å². The van der Waals surface area contributed by atoms with Crippen LogP contribution in [0.2, 0.25) is 0 Å². The van der Waals surface area contributed by atoms with Gasteiger partial charge in [-0.25, -0.2) is 38.2 Å². The van der Waals surface area contributed by atoms with Gasteiger partial charge in [-0.3, -0.25) is 33.2 Å². The van der Waals surface area contributed by atoms with E-state index in [4.69, 9.17) is 10.2 Å². The molecule has 33 nitrogen and oxygen atoms in total. The van der Waals surface area contributed by atoms with Crippen LogP contribution in [-0.4, -0.2) is 246 Å². The second-order valence-corrected chi connectivity index (χ2v) is 21.0. The number of aromatic nitrogens is 3. The topological polar surface area (TPSA) is 471 Å². The average molecular weight is 1250 g/mol. The van der Waals surface area contributed by atoms with Gasteiger partial charge < -0.3 is 87.5 Å². The quantitative estimate of drug-likeness (QED) is 0.0404. The summed E-state index contributed by atoms with van der Waals surface area (Å²) in [7, 11) is 0. The number of halogens is 1. The Hall–Kier alpha value is -9.40. The first-order valence-corrected chi connectivity index (χ1v) is 28.9. The summed E-state index contributed by atoms with van der Waals surface area (Å²) in [6, 6.07) is -1.35. The van der Waals surface area contributed by atoms with Gasteiger partial charge in [0, 0.05) is 109 Å². The molecule has 2 aliphatic heterocycles. The maximum absolute atomic E-state index is 13.7. The number of aliphatic carboxylic acids is 6. The first-order chi connectivity index (χ1) is 41.9. The second-order valence-electron chi connectivity index (χ2n) is 21.0. The van der Waals surface area contributed by atoms with Crippen molar-refractivity contribution in [3.8, 4) is 5.69 Å². The van der Waals surface area contributed by atoms with Crippen molar-refractivity contribution < 1.29 is 97.4 Å². The summed E-state index contributed by atoms with van der Waals surface area (Å²) in [6.45, 7) is 0.960. The van der Waals surface area contributed by atoms with Crippen molar-refractivity contribution in [3.63, 3.8) is 0 Å². The molecule has 1 aromatic heterocycles. The number of hydrogen-bond donors (Lipinski definition) is 13. The molecule has 0 radical (unpaired) electrons. The third-order valence-electron chi connectivity index (χ3n) is 14.5. The van der Waals surface area contributed by atoms with E-state index in [1.165, 1.54) is 14.5 Å². The Kier molecular flexibility index (Phi) is 30.1. The van der Waals surface area contributed by atoms with Gasteiger partial charge in [-0.15, -0.1) is 5.10 Å². The van der Waals surface area contributed by atoms with E-state index in [-0.39, 0.29) is 141 Å². The number of carboxylic acid groups (broad SMARTS) is 6. The molecular formula is C54H79FN14O19. The van der Waals surface area contributed by atoms with Crippen LogP contribution >= 0.6 is 0 Å². The molecule has 2 aromatic rings. The summed E-state index contributed by atoms with van der Waals surface area (Å²) in [5, 5.41) is 80.8. The van der Waals surface area contributed by atoms with Gasteiger partial charge in [0.2, 0.25) is 11.8 Å². The number of carboxylic acids is 6. The van der Waals surface area contributed by atoms with Crippen molar-refractivity contribution in [1.82, 2.24) is 71.8 Å².